The van der Waals surface area contributed by atoms with E-state index in [0.717, 1.165) is 12.1 Å². The zero-order valence-electron chi connectivity index (χ0n) is 6.37. The minimum Gasteiger partial charge on any atom is -0.479 e. The Balaban J connectivity index is 3.08. The minimum atomic E-state index is -1.96. The summed E-state index contributed by atoms with van der Waals surface area (Å²) in [6.07, 6.45) is -1.96. The highest BCUT2D eigenvalue weighted by Gasteiger charge is 2.19. The van der Waals surface area contributed by atoms with Crippen molar-refractivity contribution in [2.45, 2.75) is 6.10 Å². The van der Waals surface area contributed by atoms with Crippen LogP contribution in [-0.4, -0.2) is 16.2 Å². The number of hydrogen-bond donors (Lipinski definition) is 2. The molecule has 0 amide bonds. The zero-order chi connectivity index (χ0) is 10.0. The Kier molecular flexibility index (Phi) is 2.57. The average molecular weight is 188 g/mol. The molecule has 0 aliphatic carbocycles. The third-order valence-electron chi connectivity index (χ3n) is 1.49. The summed E-state index contributed by atoms with van der Waals surface area (Å²) in [5.41, 5.74) is -0.450. The maximum Gasteiger partial charge on any atom is 0.337 e. The van der Waals surface area contributed by atoms with Crippen molar-refractivity contribution >= 4 is 5.97 Å². The Hall–Kier alpha value is -1.49. The predicted molar refractivity (Wildman–Crippen MR) is 39.0 cm³/mol. The van der Waals surface area contributed by atoms with E-state index < -0.39 is 29.3 Å². The number of carbonyl (C=O) groups is 1. The Morgan fingerprint density at radius 1 is 1.38 bits per heavy atom. The first-order valence-electron chi connectivity index (χ1n) is 3.38. The summed E-state index contributed by atoms with van der Waals surface area (Å²) in [6.45, 7) is 0. The number of aliphatic hydroxyl groups excluding tert-OH is 1. The molecule has 0 saturated carbocycles. The van der Waals surface area contributed by atoms with Crippen molar-refractivity contribution in [1.29, 1.82) is 0 Å². The van der Waals surface area contributed by atoms with E-state index in [-0.39, 0.29) is 0 Å². The van der Waals surface area contributed by atoms with Crippen molar-refractivity contribution < 1.29 is 23.8 Å². The first kappa shape index (κ1) is 9.60. The number of benzene rings is 1. The molecule has 70 valence electrons. The largest absolute Gasteiger partial charge is 0.479 e. The van der Waals surface area contributed by atoms with Gasteiger partial charge in [0, 0.05) is 11.6 Å². The van der Waals surface area contributed by atoms with E-state index in [2.05, 4.69) is 0 Å². The zero-order valence-corrected chi connectivity index (χ0v) is 6.37. The summed E-state index contributed by atoms with van der Waals surface area (Å²) in [5, 5.41) is 17.2. The second kappa shape index (κ2) is 3.49. The van der Waals surface area contributed by atoms with Gasteiger partial charge in [-0.3, -0.25) is 0 Å². The molecule has 13 heavy (non-hydrogen) atoms. The van der Waals surface area contributed by atoms with Crippen LogP contribution in [0.1, 0.15) is 11.7 Å². The van der Waals surface area contributed by atoms with Crippen molar-refractivity contribution in [2.75, 3.05) is 0 Å². The summed E-state index contributed by atoms with van der Waals surface area (Å²) in [7, 11) is 0. The maximum atomic E-state index is 12.8. The third kappa shape index (κ3) is 2.00. The summed E-state index contributed by atoms with van der Waals surface area (Å²) >= 11 is 0. The molecule has 1 atom stereocenters. The van der Waals surface area contributed by atoms with Crippen LogP contribution in [0.25, 0.3) is 0 Å². The van der Waals surface area contributed by atoms with Crippen molar-refractivity contribution in [2.24, 2.45) is 0 Å². The molecular formula is C8H6F2O3. The molecule has 0 unspecified atom stereocenters. The first-order chi connectivity index (χ1) is 6.02. The van der Waals surface area contributed by atoms with E-state index >= 15 is 0 Å². The van der Waals surface area contributed by atoms with Gasteiger partial charge in [0.25, 0.3) is 0 Å². The van der Waals surface area contributed by atoms with Gasteiger partial charge in [-0.1, -0.05) is 0 Å². The van der Waals surface area contributed by atoms with Crippen LogP contribution in [0.4, 0.5) is 8.78 Å². The van der Waals surface area contributed by atoms with Crippen LogP contribution in [-0.2, 0) is 4.79 Å². The van der Waals surface area contributed by atoms with Gasteiger partial charge in [-0.15, -0.1) is 0 Å². The van der Waals surface area contributed by atoms with Crippen molar-refractivity contribution in [3.05, 3.63) is 35.4 Å². The van der Waals surface area contributed by atoms with Gasteiger partial charge >= 0.3 is 5.97 Å². The number of aliphatic carboxylic acids is 1. The summed E-state index contributed by atoms with van der Waals surface area (Å²) < 4.78 is 25.1. The first-order valence-corrected chi connectivity index (χ1v) is 3.38. The molecule has 0 aromatic heterocycles. The average Bonchev–Trinajstić information content (AvgIpc) is 2.03. The van der Waals surface area contributed by atoms with Gasteiger partial charge in [0.15, 0.2) is 6.10 Å². The van der Waals surface area contributed by atoms with E-state index in [9.17, 15) is 13.6 Å². The van der Waals surface area contributed by atoms with E-state index in [0.29, 0.717) is 6.07 Å². The Morgan fingerprint density at radius 3 is 2.46 bits per heavy atom. The number of aliphatic hydroxyl groups is 1. The van der Waals surface area contributed by atoms with Crippen LogP contribution in [0, 0.1) is 11.6 Å². The van der Waals surface area contributed by atoms with E-state index in [1.165, 1.54) is 0 Å². The monoisotopic (exact) mass is 188 g/mol. The number of hydrogen-bond acceptors (Lipinski definition) is 2. The fourth-order valence-corrected chi connectivity index (χ4v) is 0.856. The van der Waals surface area contributed by atoms with E-state index in [4.69, 9.17) is 10.2 Å². The van der Waals surface area contributed by atoms with Gasteiger partial charge < -0.3 is 10.2 Å². The highest BCUT2D eigenvalue weighted by molar-refractivity contribution is 5.74. The van der Waals surface area contributed by atoms with Crippen LogP contribution < -0.4 is 0 Å². The molecule has 0 aliphatic rings. The second-order valence-corrected chi connectivity index (χ2v) is 2.41. The highest BCUT2D eigenvalue weighted by Crippen LogP contribution is 2.17. The molecular weight excluding hydrogens is 182 g/mol. The molecule has 1 rings (SSSR count). The molecule has 0 radical (unpaired) electrons. The van der Waals surface area contributed by atoms with Gasteiger partial charge in [-0.25, -0.2) is 13.6 Å². The lowest BCUT2D eigenvalue weighted by Gasteiger charge is -2.06. The van der Waals surface area contributed by atoms with Gasteiger partial charge in [0.2, 0.25) is 0 Å². The van der Waals surface area contributed by atoms with Gasteiger partial charge in [0.1, 0.15) is 11.6 Å². The van der Waals surface area contributed by atoms with E-state index in [1.807, 2.05) is 0 Å². The Labute approximate surface area is 72.2 Å². The Morgan fingerprint density at radius 2 is 2.00 bits per heavy atom. The summed E-state index contributed by atoms with van der Waals surface area (Å²) in [5.74, 6) is -3.47. The smallest absolute Gasteiger partial charge is 0.337 e. The molecule has 2 N–H and O–H groups in total. The maximum absolute atomic E-state index is 12.8. The lowest BCUT2D eigenvalue weighted by atomic mass is 10.1. The molecule has 5 heteroatoms. The standard InChI is InChI=1S/C8H6F2O3/c9-4-1-2-5(6(10)3-4)7(11)8(12)13/h1-3,7,11H,(H,12,13)/t7-/m0/s1. The number of carboxylic acids is 1. The van der Waals surface area contributed by atoms with E-state index in [1.54, 1.807) is 0 Å². The van der Waals surface area contributed by atoms with Crippen LogP contribution >= 0.6 is 0 Å². The van der Waals surface area contributed by atoms with Crippen molar-refractivity contribution in [1.82, 2.24) is 0 Å². The van der Waals surface area contributed by atoms with Crippen LogP contribution in [0.3, 0.4) is 0 Å². The van der Waals surface area contributed by atoms with Crippen molar-refractivity contribution in [3.8, 4) is 0 Å². The van der Waals surface area contributed by atoms with Crippen LogP contribution in [0.2, 0.25) is 0 Å². The number of rotatable bonds is 2. The topological polar surface area (TPSA) is 57.5 Å². The molecule has 0 bridgehead atoms. The second-order valence-electron chi connectivity index (χ2n) is 2.41. The SMILES string of the molecule is O=C(O)[C@@H](O)c1ccc(F)cc1F. The van der Waals surface area contributed by atoms with Gasteiger partial charge in [0.05, 0.1) is 0 Å². The molecule has 3 nitrogen and oxygen atoms in total. The van der Waals surface area contributed by atoms with Crippen LogP contribution in [0.15, 0.2) is 18.2 Å². The molecule has 0 heterocycles. The molecule has 0 fully saturated rings. The number of carboxylic acid groups (broad SMARTS) is 1. The number of halogens is 2. The highest BCUT2D eigenvalue weighted by atomic mass is 19.1. The fraction of sp³-hybridized carbons (Fsp3) is 0.125. The van der Waals surface area contributed by atoms with Crippen LogP contribution in [0.5, 0.6) is 0 Å². The molecule has 1 aromatic carbocycles. The van der Waals surface area contributed by atoms with Gasteiger partial charge in [-0.05, 0) is 12.1 Å². The lowest BCUT2D eigenvalue weighted by molar-refractivity contribution is -0.147. The summed E-state index contributed by atoms with van der Waals surface area (Å²) in [6, 6.07) is 2.29. The van der Waals surface area contributed by atoms with Crippen molar-refractivity contribution in [3.63, 3.8) is 0 Å². The lowest BCUT2D eigenvalue weighted by Crippen LogP contribution is -2.12. The quantitative estimate of drug-likeness (QED) is 0.730. The third-order valence-corrected chi connectivity index (χ3v) is 1.49. The predicted octanol–water partition coefficient (Wildman–Crippen LogP) is 1.08. The van der Waals surface area contributed by atoms with Gasteiger partial charge in [-0.2, -0.15) is 0 Å². The fourth-order valence-electron chi connectivity index (χ4n) is 0.856. The normalized spacial score (nSPS) is 12.5. The molecule has 0 aliphatic heterocycles. The Bertz CT molecular complexity index is 338. The minimum absolute atomic E-state index is 0.450. The molecule has 1 aromatic rings. The summed E-state index contributed by atoms with van der Waals surface area (Å²) in [4.78, 5) is 10.2. The molecule has 0 saturated heterocycles. The molecule has 0 spiro atoms.